The number of para-hydroxylation sites is 2. The van der Waals surface area contributed by atoms with Gasteiger partial charge in [0.15, 0.2) is 0 Å². The fourth-order valence-corrected chi connectivity index (χ4v) is 4.58. The Bertz CT molecular complexity index is 1300. The normalized spacial score (nSPS) is 16.5. The van der Waals surface area contributed by atoms with Crippen LogP contribution < -0.4 is 4.90 Å². The summed E-state index contributed by atoms with van der Waals surface area (Å²) in [6, 6.07) is 24.8. The maximum atomic E-state index is 13.0. The number of fused-ring (bicyclic) bond motifs is 1. The van der Waals surface area contributed by atoms with E-state index >= 15 is 0 Å². The third-order valence-electron chi connectivity index (χ3n) is 6.23. The van der Waals surface area contributed by atoms with E-state index in [0.717, 1.165) is 34.7 Å². The Hall–Kier alpha value is -3.66. The Morgan fingerprint density at radius 3 is 2.62 bits per heavy atom. The second-order valence-electron chi connectivity index (χ2n) is 8.58. The predicted octanol–water partition coefficient (Wildman–Crippen LogP) is 5.89. The van der Waals surface area contributed by atoms with Crippen LogP contribution in [0.2, 0.25) is 0 Å². The maximum absolute atomic E-state index is 13.0. The SMILES string of the molecule is Cc1ccc(C)c(N2CC(c3nc4ccccc4n3C/C=C/c3ccccc3)CC2=O)c1. The molecule has 0 bridgehead atoms. The number of nitrogens with zero attached hydrogens (tertiary/aromatic N) is 3. The van der Waals surface area contributed by atoms with E-state index in [0.29, 0.717) is 13.0 Å². The number of benzene rings is 3. The molecule has 0 N–H and O–H groups in total. The molecule has 1 fully saturated rings. The lowest BCUT2D eigenvalue weighted by atomic mass is 10.1. The van der Waals surface area contributed by atoms with Crippen LogP contribution in [0.4, 0.5) is 5.69 Å². The summed E-state index contributed by atoms with van der Waals surface area (Å²) >= 11 is 0. The molecule has 32 heavy (non-hydrogen) atoms. The monoisotopic (exact) mass is 421 g/mol. The number of anilines is 1. The number of aryl methyl sites for hydroxylation is 2. The van der Waals surface area contributed by atoms with Gasteiger partial charge in [-0.2, -0.15) is 0 Å². The van der Waals surface area contributed by atoms with E-state index < -0.39 is 0 Å². The molecule has 0 saturated carbocycles. The van der Waals surface area contributed by atoms with Crippen molar-refractivity contribution in [2.45, 2.75) is 32.7 Å². The van der Waals surface area contributed by atoms with Gasteiger partial charge in [-0.05, 0) is 48.7 Å². The van der Waals surface area contributed by atoms with E-state index in [1.807, 2.05) is 35.2 Å². The summed E-state index contributed by atoms with van der Waals surface area (Å²) in [6.45, 7) is 5.52. The molecule has 0 aliphatic carbocycles. The minimum Gasteiger partial charge on any atom is -0.324 e. The Labute approximate surface area is 188 Å². The quantitative estimate of drug-likeness (QED) is 0.403. The lowest BCUT2D eigenvalue weighted by Gasteiger charge is -2.20. The smallest absolute Gasteiger partial charge is 0.227 e. The van der Waals surface area contributed by atoms with E-state index in [-0.39, 0.29) is 11.8 Å². The first-order valence-electron chi connectivity index (χ1n) is 11.1. The molecule has 160 valence electrons. The van der Waals surface area contributed by atoms with Crippen LogP contribution in [0.3, 0.4) is 0 Å². The van der Waals surface area contributed by atoms with Crippen molar-refractivity contribution in [3.05, 3.63) is 101 Å². The molecule has 5 rings (SSSR count). The fraction of sp³-hybridized carbons (Fsp3) is 0.214. The molecule has 3 aromatic carbocycles. The van der Waals surface area contributed by atoms with Gasteiger partial charge in [-0.3, -0.25) is 4.79 Å². The van der Waals surface area contributed by atoms with Crippen molar-refractivity contribution in [1.82, 2.24) is 9.55 Å². The van der Waals surface area contributed by atoms with Gasteiger partial charge in [0.1, 0.15) is 5.82 Å². The number of hydrogen-bond acceptors (Lipinski definition) is 2. The number of carbonyl (C=O) groups is 1. The van der Waals surface area contributed by atoms with Crippen LogP contribution in [0.15, 0.2) is 78.9 Å². The molecule has 1 atom stereocenters. The molecule has 1 amide bonds. The zero-order chi connectivity index (χ0) is 22.1. The molecule has 4 heteroatoms. The molecule has 0 radical (unpaired) electrons. The second kappa shape index (κ2) is 8.46. The predicted molar refractivity (Wildman–Crippen MR) is 131 cm³/mol. The topological polar surface area (TPSA) is 38.1 Å². The van der Waals surface area contributed by atoms with Crippen molar-refractivity contribution in [2.24, 2.45) is 0 Å². The van der Waals surface area contributed by atoms with Crippen molar-refractivity contribution < 1.29 is 4.79 Å². The summed E-state index contributed by atoms with van der Waals surface area (Å²) in [6.07, 6.45) is 4.80. The summed E-state index contributed by atoms with van der Waals surface area (Å²) in [5, 5.41) is 0. The molecule has 1 aliphatic heterocycles. The van der Waals surface area contributed by atoms with Crippen molar-refractivity contribution in [1.29, 1.82) is 0 Å². The molecular formula is C28H27N3O. The van der Waals surface area contributed by atoms with Crippen molar-refractivity contribution in [3.8, 4) is 0 Å². The number of carbonyl (C=O) groups excluding carboxylic acids is 1. The Kier molecular flexibility index (Phi) is 5.36. The Balaban J connectivity index is 1.47. The van der Waals surface area contributed by atoms with Crippen molar-refractivity contribution >= 4 is 28.7 Å². The van der Waals surface area contributed by atoms with Crippen molar-refractivity contribution in [2.75, 3.05) is 11.4 Å². The van der Waals surface area contributed by atoms with E-state index in [2.05, 4.69) is 73.0 Å². The lowest BCUT2D eigenvalue weighted by molar-refractivity contribution is -0.117. The van der Waals surface area contributed by atoms with Crippen LogP contribution in [0.1, 0.15) is 34.9 Å². The molecule has 1 aromatic heterocycles. The third kappa shape index (κ3) is 3.84. The number of amides is 1. The van der Waals surface area contributed by atoms with E-state index in [9.17, 15) is 4.79 Å². The van der Waals surface area contributed by atoms with Gasteiger partial charge in [0.05, 0.1) is 11.0 Å². The number of aromatic nitrogens is 2. The standard InChI is InChI=1S/C28H27N3O/c1-20-14-15-21(2)26(17-20)31-19-23(18-27(31)32)28-29-24-12-6-7-13-25(24)30(28)16-8-11-22-9-4-3-5-10-22/h3-15,17,23H,16,18-19H2,1-2H3/b11-8+. The maximum Gasteiger partial charge on any atom is 0.227 e. The largest absolute Gasteiger partial charge is 0.324 e. The third-order valence-corrected chi connectivity index (χ3v) is 6.23. The van der Waals surface area contributed by atoms with E-state index in [4.69, 9.17) is 4.98 Å². The van der Waals surface area contributed by atoms with E-state index in [1.165, 1.54) is 11.1 Å². The van der Waals surface area contributed by atoms with Gasteiger partial charge in [0.25, 0.3) is 0 Å². The van der Waals surface area contributed by atoms with Crippen LogP contribution >= 0.6 is 0 Å². The zero-order valence-electron chi connectivity index (χ0n) is 18.5. The number of hydrogen-bond donors (Lipinski definition) is 0. The molecule has 4 aromatic rings. The van der Waals surface area contributed by atoms with E-state index in [1.54, 1.807) is 0 Å². The zero-order valence-corrected chi connectivity index (χ0v) is 18.5. The average molecular weight is 422 g/mol. The molecule has 1 saturated heterocycles. The van der Waals surface area contributed by atoms with Crippen LogP contribution in [-0.4, -0.2) is 22.0 Å². The molecule has 2 heterocycles. The minimum absolute atomic E-state index is 0.0694. The lowest BCUT2D eigenvalue weighted by Crippen LogP contribution is -2.25. The fourth-order valence-electron chi connectivity index (χ4n) is 4.58. The van der Waals surface area contributed by atoms with Gasteiger partial charge in [-0.25, -0.2) is 4.98 Å². The molecule has 1 aliphatic rings. The summed E-state index contributed by atoms with van der Waals surface area (Å²) < 4.78 is 2.26. The number of imidazole rings is 1. The summed E-state index contributed by atoms with van der Waals surface area (Å²) in [7, 11) is 0. The van der Waals surface area contributed by atoms with Gasteiger partial charge >= 0.3 is 0 Å². The highest BCUT2D eigenvalue weighted by molar-refractivity contribution is 5.97. The Morgan fingerprint density at radius 1 is 1.00 bits per heavy atom. The van der Waals surface area contributed by atoms with Gasteiger partial charge in [0, 0.05) is 31.1 Å². The first-order valence-corrected chi connectivity index (χ1v) is 11.1. The van der Waals surface area contributed by atoms with Crippen LogP contribution in [0.5, 0.6) is 0 Å². The highest BCUT2D eigenvalue weighted by atomic mass is 16.2. The van der Waals surface area contributed by atoms with Gasteiger partial charge < -0.3 is 9.47 Å². The molecular weight excluding hydrogens is 394 g/mol. The van der Waals surface area contributed by atoms with Crippen molar-refractivity contribution in [3.63, 3.8) is 0 Å². The minimum atomic E-state index is 0.0694. The van der Waals surface area contributed by atoms with Gasteiger partial charge in [0.2, 0.25) is 5.91 Å². The second-order valence-corrected chi connectivity index (χ2v) is 8.58. The summed E-state index contributed by atoms with van der Waals surface area (Å²) in [5.41, 5.74) is 6.58. The molecule has 0 spiro atoms. The number of rotatable bonds is 5. The van der Waals surface area contributed by atoms with Crippen LogP contribution in [-0.2, 0) is 11.3 Å². The Morgan fingerprint density at radius 2 is 1.78 bits per heavy atom. The number of allylic oxidation sites excluding steroid dienone is 1. The molecule has 1 unspecified atom stereocenters. The van der Waals surface area contributed by atoms with Gasteiger partial charge in [-0.1, -0.05) is 66.7 Å². The highest BCUT2D eigenvalue weighted by Crippen LogP contribution is 2.34. The van der Waals surface area contributed by atoms with Crippen LogP contribution in [0, 0.1) is 13.8 Å². The summed E-state index contributed by atoms with van der Waals surface area (Å²) in [4.78, 5) is 19.9. The highest BCUT2D eigenvalue weighted by Gasteiger charge is 2.35. The van der Waals surface area contributed by atoms with Crippen LogP contribution in [0.25, 0.3) is 17.1 Å². The molecule has 4 nitrogen and oxygen atoms in total. The summed E-state index contributed by atoms with van der Waals surface area (Å²) in [5.74, 6) is 1.23. The first-order chi connectivity index (χ1) is 15.6. The average Bonchev–Trinajstić information content (AvgIpc) is 3.37. The van der Waals surface area contributed by atoms with Gasteiger partial charge in [-0.15, -0.1) is 0 Å². The first kappa shape index (κ1) is 20.3.